The molecule has 0 saturated carbocycles. The molecule has 1 heterocycles. The van der Waals surface area contributed by atoms with Crippen LogP contribution in [0.25, 0.3) is 0 Å². The molecule has 4 heteroatoms. The van der Waals surface area contributed by atoms with Gasteiger partial charge in [-0.05, 0) is 44.2 Å². The standard InChI is InChI=1S/C15H16F2N2/c1-10-4-3-5-13(19-10)9-18-11(2)14-8-12(16)6-7-15(14)17/h3-8,11,18H,9H2,1-2H3. The number of benzene rings is 1. The Balaban J connectivity index is 2.05. The molecule has 2 aromatic rings. The van der Waals surface area contributed by atoms with Gasteiger partial charge in [-0.1, -0.05) is 6.07 Å². The summed E-state index contributed by atoms with van der Waals surface area (Å²) >= 11 is 0. The fourth-order valence-electron chi connectivity index (χ4n) is 1.91. The largest absolute Gasteiger partial charge is 0.304 e. The van der Waals surface area contributed by atoms with Gasteiger partial charge in [0, 0.05) is 23.8 Å². The van der Waals surface area contributed by atoms with Gasteiger partial charge in [-0.15, -0.1) is 0 Å². The lowest BCUT2D eigenvalue weighted by molar-refractivity contribution is 0.515. The van der Waals surface area contributed by atoms with Crippen LogP contribution < -0.4 is 5.32 Å². The maximum Gasteiger partial charge on any atom is 0.128 e. The molecule has 1 atom stereocenters. The summed E-state index contributed by atoms with van der Waals surface area (Å²) in [5.41, 5.74) is 2.14. The molecule has 100 valence electrons. The minimum Gasteiger partial charge on any atom is -0.304 e. The first-order valence-corrected chi connectivity index (χ1v) is 6.17. The first-order chi connectivity index (χ1) is 9.06. The Labute approximate surface area is 111 Å². The number of rotatable bonds is 4. The molecule has 0 aliphatic carbocycles. The van der Waals surface area contributed by atoms with E-state index in [1.165, 1.54) is 6.07 Å². The summed E-state index contributed by atoms with van der Waals surface area (Å²) in [4.78, 5) is 4.35. The van der Waals surface area contributed by atoms with Crippen LogP contribution in [-0.2, 0) is 6.54 Å². The van der Waals surface area contributed by atoms with E-state index in [2.05, 4.69) is 10.3 Å². The first kappa shape index (κ1) is 13.6. The van der Waals surface area contributed by atoms with Gasteiger partial charge in [-0.2, -0.15) is 0 Å². The number of pyridine rings is 1. The van der Waals surface area contributed by atoms with Crippen molar-refractivity contribution in [3.63, 3.8) is 0 Å². The molecule has 1 aromatic heterocycles. The van der Waals surface area contributed by atoms with E-state index in [1.54, 1.807) is 6.92 Å². The van der Waals surface area contributed by atoms with Crippen LogP contribution in [-0.4, -0.2) is 4.98 Å². The molecule has 0 radical (unpaired) electrons. The molecule has 0 spiro atoms. The number of hydrogen-bond acceptors (Lipinski definition) is 2. The van der Waals surface area contributed by atoms with Gasteiger partial charge >= 0.3 is 0 Å². The van der Waals surface area contributed by atoms with Gasteiger partial charge in [-0.25, -0.2) is 8.78 Å². The van der Waals surface area contributed by atoms with Crippen LogP contribution >= 0.6 is 0 Å². The molecule has 1 aromatic carbocycles. The van der Waals surface area contributed by atoms with E-state index >= 15 is 0 Å². The Kier molecular flexibility index (Phi) is 4.22. The molecule has 0 saturated heterocycles. The lowest BCUT2D eigenvalue weighted by Gasteiger charge is -2.15. The summed E-state index contributed by atoms with van der Waals surface area (Å²) in [6.45, 7) is 4.23. The number of aryl methyl sites for hydroxylation is 1. The van der Waals surface area contributed by atoms with Crippen LogP contribution in [0.1, 0.15) is 29.9 Å². The molecule has 0 aliphatic heterocycles. The van der Waals surface area contributed by atoms with E-state index in [-0.39, 0.29) is 6.04 Å². The molecular weight excluding hydrogens is 246 g/mol. The highest BCUT2D eigenvalue weighted by Gasteiger charge is 2.11. The molecule has 0 bridgehead atoms. The lowest BCUT2D eigenvalue weighted by Crippen LogP contribution is -2.20. The van der Waals surface area contributed by atoms with Crippen molar-refractivity contribution in [2.45, 2.75) is 26.4 Å². The van der Waals surface area contributed by atoms with E-state index < -0.39 is 11.6 Å². The van der Waals surface area contributed by atoms with Gasteiger partial charge in [0.2, 0.25) is 0 Å². The second-order valence-electron chi connectivity index (χ2n) is 4.54. The number of aromatic nitrogens is 1. The van der Waals surface area contributed by atoms with E-state index in [0.29, 0.717) is 12.1 Å². The average Bonchev–Trinajstić information content (AvgIpc) is 2.39. The highest BCUT2D eigenvalue weighted by Crippen LogP contribution is 2.18. The quantitative estimate of drug-likeness (QED) is 0.912. The number of nitrogens with one attached hydrogen (secondary N) is 1. The van der Waals surface area contributed by atoms with Crippen molar-refractivity contribution in [1.29, 1.82) is 0 Å². The zero-order valence-electron chi connectivity index (χ0n) is 11.0. The van der Waals surface area contributed by atoms with Gasteiger partial charge in [0.15, 0.2) is 0 Å². The number of halogens is 2. The van der Waals surface area contributed by atoms with Crippen LogP contribution in [0.3, 0.4) is 0 Å². The summed E-state index contributed by atoms with van der Waals surface area (Å²) in [5.74, 6) is -0.836. The van der Waals surface area contributed by atoms with Crippen LogP contribution in [0.4, 0.5) is 8.78 Å². The second kappa shape index (κ2) is 5.89. The third-order valence-electron chi connectivity index (χ3n) is 2.96. The van der Waals surface area contributed by atoms with Gasteiger partial charge in [0.25, 0.3) is 0 Å². The van der Waals surface area contributed by atoms with Crippen LogP contribution in [0, 0.1) is 18.6 Å². The predicted octanol–water partition coefficient (Wildman–Crippen LogP) is 3.52. The monoisotopic (exact) mass is 262 g/mol. The van der Waals surface area contributed by atoms with Gasteiger partial charge in [0.1, 0.15) is 11.6 Å². The number of hydrogen-bond donors (Lipinski definition) is 1. The molecule has 0 amide bonds. The van der Waals surface area contributed by atoms with Crippen molar-refractivity contribution in [3.8, 4) is 0 Å². The van der Waals surface area contributed by atoms with E-state index in [9.17, 15) is 8.78 Å². The smallest absolute Gasteiger partial charge is 0.128 e. The Morgan fingerprint density at radius 1 is 1.21 bits per heavy atom. The molecular formula is C15H16F2N2. The van der Waals surface area contributed by atoms with Crippen molar-refractivity contribution in [1.82, 2.24) is 10.3 Å². The fourth-order valence-corrected chi connectivity index (χ4v) is 1.91. The van der Waals surface area contributed by atoms with Crippen LogP contribution in [0.5, 0.6) is 0 Å². The summed E-state index contributed by atoms with van der Waals surface area (Å²) in [6, 6.07) is 8.94. The predicted molar refractivity (Wildman–Crippen MR) is 70.6 cm³/mol. The minimum atomic E-state index is -0.432. The zero-order valence-corrected chi connectivity index (χ0v) is 11.0. The van der Waals surface area contributed by atoms with Gasteiger partial charge < -0.3 is 5.32 Å². The number of nitrogens with zero attached hydrogens (tertiary/aromatic N) is 1. The maximum absolute atomic E-state index is 13.6. The van der Waals surface area contributed by atoms with Crippen molar-refractivity contribution in [2.24, 2.45) is 0 Å². The molecule has 0 fully saturated rings. The second-order valence-corrected chi connectivity index (χ2v) is 4.54. The summed E-state index contributed by atoms with van der Waals surface area (Å²) < 4.78 is 26.7. The van der Waals surface area contributed by atoms with Crippen LogP contribution in [0.2, 0.25) is 0 Å². The van der Waals surface area contributed by atoms with E-state index in [0.717, 1.165) is 23.5 Å². The van der Waals surface area contributed by atoms with E-state index in [1.807, 2.05) is 25.1 Å². The SMILES string of the molecule is Cc1cccc(CNC(C)c2cc(F)ccc2F)n1. The normalized spacial score (nSPS) is 12.4. The van der Waals surface area contributed by atoms with Gasteiger partial charge in [-0.3, -0.25) is 4.98 Å². The topological polar surface area (TPSA) is 24.9 Å². The molecule has 1 N–H and O–H groups in total. The van der Waals surface area contributed by atoms with Gasteiger partial charge in [0.05, 0.1) is 5.69 Å². The highest BCUT2D eigenvalue weighted by atomic mass is 19.1. The highest BCUT2D eigenvalue weighted by molar-refractivity contribution is 5.22. The van der Waals surface area contributed by atoms with Crippen molar-refractivity contribution < 1.29 is 8.78 Å². The van der Waals surface area contributed by atoms with Crippen molar-refractivity contribution in [3.05, 3.63) is 65.0 Å². The average molecular weight is 262 g/mol. The first-order valence-electron chi connectivity index (χ1n) is 6.17. The molecule has 19 heavy (non-hydrogen) atoms. The summed E-state index contributed by atoms with van der Waals surface area (Å²) in [7, 11) is 0. The maximum atomic E-state index is 13.6. The molecule has 1 unspecified atom stereocenters. The molecule has 0 aliphatic rings. The Morgan fingerprint density at radius 3 is 2.74 bits per heavy atom. The van der Waals surface area contributed by atoms with Crippen molar-refractivity contribution >= 4 is 0 Å². The van der Waals surface area contributed by atoms with Crippen LogP contribution in [0.15, 0.2) is 36.4 Å². The molecule has 2 rings (SSSR count). The Bertz CT molecular complexity index is 570. The fraction of sp³-hybridized carbons (Fsp3) is 0.267. The summed E-state index contributed by atoms with van der Waals surface area (Å²) in [6.07, 6.45) is 0. The summed E-state index contributed by atoms with van der Waals surface area (Å²) in [5, 5.41) is 3.14. The van der Waals surface area contributed by atoms with Crippen molar-refractivity contribution in [2.75, 3.05) is 0 Å². The minimum absolute atomic E-state index is 0.280. The lowest BCUT2D eigenvalue weighted by atomic mass is 10.1. The Hall–Kier alpha value is -1.81. The Morgan fingerprint density at radius 2 is 2.00 bits per heavy atom. The molecule has 2 nitrogen and oxygen atoms in total. The zero-order chi connectivity index (χ0) is 13.8. The third kappa shape index (κ3) is 3.58. The van der Waals surface area contributed by atoms with E-state index in [4.69, 9.17) is 0 Å². The third-order valence-corrected chi connectivity index (χ3v) is 2.96.